The normalized spacial score (nSPS) is 10.7. The second-order valence-electron chi connectivity index (χ2n) is 6.61. The first-order valence-corrected chi connectivity index (χ1v) is 9.03. The summed E-state index contributed by atoms with van der Waals surface area (Å²) in [4.78, 5) is 27.7. The van der Waals surface area contributed by atoms with Gasteiger partial charge in [-0.05, 0) is 50.8 Å². The van der Waals surface area contributed by atoms with E-state index in [-0.39, 0.29) is 11.7 Å². The number of ketones is 1. The fraction of sp³-hybridized carbons (Fsp3) is 0.429. The lowest BCUT2D eigenvalue weighted by atomic mass is 10.0. The van der Waals surface area contributed by atoms with Gasteiger partial charge in [0.15, 0.2) is 5.78 Å². The summed E-state index contributed by atoms with van der Waals surface area (Å²) < 4.78 is 5.38. The molecule has 1 aromatic carbocycles. The number of aryl methyl sites for hydroxylation is 2. The van der Waals surface area contributed by atoms with E-state index in [4.69, 9.17) is 4.74 Å². The molecule has 1 aromatic heterocycles. The average Bonchev–Trinajstić information content (AvgIpc) is 2.92. The average molecular weight is 356 g/mol. The van der Waals surface area contributed by atoms with E-state index < -0.39 is 0 Å². The Labute approximate surface area is 155 Å². The maximum Gasteiger partial charge on any atom is 0.268 e. The maximum absolute atomic E-state index is 12.7. The number of hydrogen-bond donors (Lipinski definition) is 2. The Morgan fingerprint density at radius 1 is 1.19 bits per heavy atom. The highest BCUT2D eigenvalue weighted by molar-refractivity contribution is 6.02. The molecular formula is C21H28N2O3. The SMILES string of the molecule is CCCc1c(C(=O)NCCc2cc(C)ccc2OC)[nH]c(C)c1C(C)=O. The van der Waals surface area contributed by atoms with Gasteiger partial charge in [-0.3, -0.25) is 9.59 Å². The van der Waals surface area contributed by atoms with Crippen molar-refractivity contribution >= 4 is 11.7 Å². The summed E-state index contributed by atoms with van der Waals surface area (Å²) in [6.45, 7) is 7.95. The monoisotopic (exact) mass is 356 g/mol. The van der Waals surface area contributed by atoms with E-state index in [1.54, 1.807) is 14.0 Å². The van der Waals surface area contributed by atoms with Gasteiger partial charge in [0.2, 0.25) is 0 Å². The number of amides is 1. The number of rotatable bonds is 8. The van der Waals surface area contributed by atoms with Gasteiger partial charge in [-0.1, -0.05) is 31.0 Å². The Hall–Kier alpha value is -2.56. The molecule has 0 aliphatic carbocycles. The Balaban J connectivity index is 2.12. The van der Waals surface area contributed by atoms with Gasteiger partial charge in [-0.2, -0.15) is 0 Å². The van der Waals surface area contributed by atoms with Gasteiger partial charge in [0, 0.05) is 17.8 Å². The van der Waals surface area contributed by atoms with E-state index in [1.165, 1.54) is 0 Å². The largest absolute Gasteiger partial charge is 0.496 e. The number of hydrogen-bond acceptors (Lipinski definition) is 3. The van der Waals surface area contributed by atoms with Gasteiger partial charge in [0.1, 0.15) is 11.4 Å². The van der Waals surface area contributed by atoms with E-state index >= 15 is 0 Å². The third-order valence-corrected chi connectivity index (χ3v) is 4.49. The lowest BCUT2D eigenvalue weighted by Gasteiger charge is -2.11. The molecule has 0 aliphatic heterocycles. The van der Waals surface area contributed by atoms with E-state index in [0.717, 1.165) is 34.6 Å². The molecule has 5 nitrogen and oxygen atoms in total. The van der Waals surface area contributed by atoms with Crippen LogP contribution in [0.4, 0.5) is 0 Å². The lowest BCUT2D eigenvalue weighted by molar-refractivity contribution is 0.0948. The van der Waals surface area contributed by atoms with Crippen LogP contribution < -0.4 is 10.1 Å². The predicted molar refractivity (Wildman–Crippen MR) is 103 cm³/mol. The molecule has 0 fully saturated rings. The zero-order valence-corrected chi connectivity index (χ0v) is 16.3. The van der Waals surface area contributed by atoms with Crippen LogP contribution in [0.2, 0.25) is 0 Å². The molecule has 2 rings (SSSR count). The zero-order valence-electron chi connectivity index (χ0n) is 16.3. The number of ether oxygens (including phenoxy) is 1. The molecule has 26 heavy (non-hydrogen) atoms. The molecule has 0 bridgehead atoms. The summed E-state index contributed by atoms with van der Waals surface area (Å²) in [5, 5.41) is 2.96. The van der Waals surface area contributed by atoms with Gasteiger partial charge in [-0.15, -0.1) is 0 Å². The first-order valence-electron chi connectivity index (χ1n) is 9.03. The van der Waals surface area contributed by atoms with Crippen LogP contribution in [-0.2, 0) is 12.8 Å². The molecule has 140 valence electrons. The number of Topliss-reactive ketones (excluding diaryl/α,β-unsaturated/α-hetero) is 1. The fourth-order valence-corrected chi connectivity index (χ4v) is 3.35. The van der Waals surface area contributed by atoms with Gasteiger partial charge in [-0.25, -0.2) is 0 Å². The van der Waals surface area contributed by atoms with Crippen molar-refractivity contribution in [2.24, 2.45) is 0 Å². The minimum absolute atomic E-state index is 0.00857. The number of H-pyrrole nitrogens is 1. The lowest BCUT2D eigenvalue weighted by Crippen LogP contribution is -2.27. The Kier molecular flexibility index (Phi) is 6.61. The van der Waals surface area contributed by atoms with E-state index in [9.17, 15) is 9.59 Å². The molecule has 1 heterocycles. The molecular weight excluding hydrogens is 328 g/mol. The van der Waals surface area contributed by atoms with E-state index in [2.05, 4.69) is 16.4 Å². The second-order valence-corrected chi connectivity index (χ2v) is 6.61. The van der Waals surface area contributed by atoms with Crippen molar-refractivity contribution in [1.29, 1.82) is 0 Å². The van der Waals surface area contributed by atoms with Crippen LogP contribution in [0.1, 0.15) is 63.5 Å². The van der Waals surface area contributed by atoms with Crippen LogP contribution >= 0.6 is 0 Å². The number of carbonyl (C=O) groups is 2. The summed E-state index contributed by atoms with van der Waals surface area (Å²) in [6.07, 6.45) is 2.25. The molecule has 0 unspecified atom stereocenters. The molecule has 2 aromatic rings. The summed E-state index contributed by atoms with van der Waals surface area (Å²) in [5.74, 6) is 0.646. The van der Waals surface area contributed by atoms with Crippen LogP contribution in [0.25, 0.3) is 0 Å². The molecule has 0 saturated heterocycles. The molecule has 0 atom stereocenters. The van der Waals surface area contributed by atoms with Crippen molar-refractivity contribution in [3.8, 4) is 5.75 Å². The van der Waals surface area contributed by atoms with Crippen LogP contribution in [-0.4, -0.2) is 30.3 Å². The summed E-state index contributed by atoms with van der Waals surface area (Å²) in [5.41, 5.74) is 4.95. The van der Waals surface area contributed by atoms with Crippen molar-refractivity contribution in [3.63, 3.8) is 0 Å². The molecule has 0 spiro atoms. The van der Waals surface area contributed by atoms with Gasteiger partial charge >= 0.3 is 0 Å². The number of benzene rings is 1. The minimum atomic E-state index is -0.171. The van der Waals surface area contributed by atoms with Crippen molar-refractivity contribution in [2.75, 3.05) is 13.7 Å². The molecule has 0 aliphatic rings. The number of nitrogens with one attached hydrogen (secondary N) is 2. The third kappa shape index (κ3) is 4.34. The highest BCUT2D eigenvalue weighted by Crippen LogP contribution is 2.22. The summed E-state index contributed by atoms with van der Waals surface area (Å²) in [6, 6.07) is 6.02. The molecule has 0 saturated carbocycles. The van der Waals surface area contributed by atoms with E-state index in [1.807, 2.05) is 32.9 Å². The van der Waals surface area contributed by atoms with Gasteiger partial charge < -0.3 is 15.0 Å². The van der Waals surface area contributed by atoms with Crippen molar-refractivity contribution < 1.29 is 14.3 Å². The topological polar surface area (TPSA) is 71.2 Å². The Bertz CT molecular complexity index is 806. The second kappa shape index (κ2) is 8.70. The van der Waals surface area contributed by atoms with E-state index in [0.29, 0.717) is 30.6 Å². The van der Waals surface area contributed by atoms with Crippen molar-refractivity contribution in [2.45, 2.75) is 47.0 Å². The molecule has 0 radical (unpaired) electrons. The minimum Gasteiger partial charge on any atom is -0.496 e. The highest BCUT2D eigenvalue weighted by Gasteiger charge is 2.21. The fourth-order valence-electron chi connectivity index (χ4n) is 3.35. The van der Waals surface area contributed by atoms with Crippen molar-refractivity contribution in [3.05, 3.63) is 51.8 Å². The quantitative estimate of drug-likeness (QED) is 0.707. The number of carbonyl (C=O) groups excluding carboxylic acids is 2. The summed E-state index contributed by atoms with van der Waals surface area (Å²) in [7, 11) is 1.65. The number of methoxy groups -OCH3 is 1. The van der Waals surface area contributed by atoms with Gasteiger partial charge in [0.05, 0.1) is 7.11 Å². The van der Waals surface area contributed by atoms with Crippen LogP contribution in [0.15, 0.2) is 18.2 Å². The maximum atomic E-state index is 12.7. The first-order chi connectivity index (χ1) is 12.4. The first kappa shape index (κ1) is 19.8. The van der Waals surface area contributed by atoms with Crippen molar-refractivity contribution in [1.82, 2.24) is 10.3 Å². The number of aromatic nitrogens is 1. The third-order valence-electron chi connectivity index (χ3n) is 4.49. The predicted octanol–water partition coefficient (Wildman–Crippen LogP) is 3.77. The Morgan fingerprint density at radius 3 is 2.54 bits per heavy atom. The molecule has 2 N–H and O–H groups in total. The Morgan fingerprint density at radius 2 is 1.92 bits per heavy atom. The highest BCUT2D eigenvalue weighted by atomic mass is 16.5. The van der Waals surface area contributed by atoms with Crippen LogP contribution in [0.5, 0.6) is 5.75 Å². The molecule has 5 heteroatoms. The summed E-state index contributed by atoms with van der Waals surface area (Å²) >= 11 is 0. The number of aromatic amines is 1. The molecule has 1 amide bonds. The van der Waals surface area contributed by atoms with Crippen LogP contribution in [0, 0.1) is 13.8 Å². The zero-order chi connectivity index (χ0) is 19.3. The standard InChI is InChI=1S/C21H28N2O3/c1-6-7-17-19(15(4)24)14(3)23-20(17)21(25)22-11-10-16-12-13(2)8-9-18(16)26-5/h8-9,12,23H,6-7,10-11H2,1-5H3,(H,22,25). The smallest absolute Gasteiger partial charge is 0.268 e. The van der Waals surface area contributed by atoms with Crippen LogP contribution in [0.3, 0.4) is 0 Å². The van der Waals surface area contributed by atoms with Gasteiger partial charge in [0.25, 0.3) is 5.91 Å².